The highest BCUT2D eigenvalue weighted by Crippen LogP contribution is 2.44. The maximum absolute atomic E-state index is 13.8. The fourth-order valence-corrected chi connectivity index (χ4v) is 4.35. The molecule has 4 heterocycles. The Balaban J connectivity index is 1.82. The van der Waals surface area contributed by atoms with Crippen molar-refractivity contribution in [3.8, 4) is 6.07 Å². The van der Waals surface area contributed by atoms with Gasteiger partial charge in [0.15, 0.2) is 0 Å². The van der Waals surface area contributed by atoms with Gasteiger partial charge in [-0.1, -0.05) is 6.07 Å². The molecule has 2 aliphatic rings. The van der Waals surface area contributed by atoms with Gasteiger partial charge in [0.25, 0.3) is 0 Å². The zero-order valence-electron chi connectivity index (χ0n) is 16.0. The number of nitrogens with two attached hydrogens (primary N) is 2. The lowest BCUT2D eigenvalue weighted by Crippen LogP contribution is -2.22. The van der Waals surface area contributed by atoms with Crippen LogP contribution in [0.1, 0.15) is 24.0 Å². The van der Waals surface area contributed by atoms with Crippen molar-refractivity contribution in [3.05, 3.63) is 41.2 Å². The minimum atomic E-state index is -0.468. The van der Waals surface area contributed by atoms with Crippen LogP contribution in [-0.4, -0.2) is 29.0 Å². The van der Waals surface area contributed by atoms with Crippen LogP contribution in [-0.2, 0) is 11.2 Å². The Bertz CT molecular complexity index is 1260. The maximum Gasteiger partial charge on any atom is 0.237 e. The summed E-state index contributed by atoms with van der Waals surface area (Å²) in [6, 6.07) is 7.95. The minimum Gasteiger partial charge on any atom is -0.383 e. The number of hydrogen-bond donors (Lipinski definition) is 2. The molecule has 2 aromatic heterocycles. The third-order valence-electron chi connectivity index (χ3n) is 5.63. The Hall–Kier alpha value is -3.93. The van der Waals surface area contributed by atoms with E-state index in [1.54, 1.807) is 6.07 Å². The number of nitrogens with zero attached hydrogens (tertiary/aromatic N) is 5. The quantitative estimate of drug-likeness (QED) is 0.674. The second-order valence-corrected chi connectivity index (χ2v) is 7.44. The number of halogens is 1. The summed E-state index contributed by atoms with van der Waals surface area (Å²) >= 11 is 0. The van der Waals surface area contributed by atoms with Gasteiger partial charge in [0.2, 0.25) is 5.91 Å². The topological polar surface area (TPSA) is 125 Å². The monoisotopic (exact) mass is 403 g/mol. The first kappa shape index (κ1) is 18.1. The molecule has 0 aliphatic carbocycles. The summed E-state index contributed by atoms with van der Waals surface area (Å²) in [6.07, 6.45) is 2.02. The van der Waals surface area contributed by atoms with Crippen molar-refractivity contribution in [1.29, 1.82) is 5.26 Å². The lowest BCUT2D eigenvalue weighted by atomic mass is 10.0. The number of nitrogen functional groups attached to an aromatic ring is 2. The van der Waals surface area contributed by atoms with Crippen LogP contribution in [0, 0.1) is 17.1 Å². The van der Waals surface area contributed by atoms with Gasteiger partial charge in [0.05, 0.1) is 17.5 Å². The number of anilines is 5. The normalized spacial score (nSPS) is 15.7. The van der Waals surface area contributed by atoms with Crippen LogP contribution in [0.4, 0.5) is 33.3 Å². The van der Waals surface area contributed by atoms with Crippen molar-refractivity contribution in [2.75, 3.05) is 34.4 Å². The molecule has 1 aromatic carbocycles. The van der Waals surface area contributed by atoms with Crippen LogP contribution in [0.25, 0.3) is 10.8 Å². The number of pyridine rings is 2. The standard InChI is InChI=1S/C21H18FN7O/c22-11-4-3-5-12(8-11)29-15(30)9-13-16-14(10-23)20(28-6-1-2-7-28)26-18(24)17(16)19(25)27-21(13)29/h3-5,8H,1-2,6-7,9H2,(H2,24,26)(H2,25,27). The van der Waals surface area contributed by atoms with Crippen LogP contribution in [0.5, 0.6) is 0 Å². The fraction of sp³-hybridized carbons (Fsp3) is 0.238. The van der Waals surface area contributed by atoms with Crippen LogP contribution in [0.3, 0.4) is 0 Å². The van der Waals surface area contributed by atoms with E-state index in [4.69, 9.17) is 11.5 Å². The number of fused-ring (bicyclic) bond motifs is 3. The number of carbonyl (C=O) groups excluding carboxylic acids is 1. The summed E-state index contributed by atoms with van der Waals surface area (Å²) in [5.41, 5.74) is 13.7. The van der Waals surface area contributed by atoms with E-state index in [0.717, 1.165) is 25.9 Å². The van der Waals surface area contributed by atoms with E-state index in [-0.39, 0.29) is 24.0 Å². The molecule has 5 rings (SSSR count). The number of benzene rings is 1. The van der Waals surface area contributed by atoms with Crippen molar-refractivity contribution in [3.63, 3.8) is 0 Å². The first-order chi connectivity index (χ1) is 14.5. The summed E-state index contributed by atoms with van der Waals surface area (Å²) in [7, 11) is 0. The smallest absolute Gasteiger partial charge is 0.237 e. The van der Waals surface area contributed by atoms with Crippen LogP contribution < -0.4 is 21.3 Å². The van der Waals surface area contributed by atoms with Crippen molar-refractivity contribution in [2.24, 2.45) is 0 Å². The molecule has 1 amide bonds. The molecule has 150 valence electrons. The van der Waals surface area contributed by atoms with E-state index in [0.29, 0.717) is 39.2 Å². The van der Waals surface area contributed by atoms with Crippen molar-refractivity contribution in [2.45, 2.75) is 19.3 Å². The molecule has 3 aromatic rings. The second-order valence-electron chi connectivity index (χ2n) is 7.44. The number of hydrogen-bond acceptors (Lipinski definition) is 7. The predicted octanol–water partition coefficient (Wildman–Crippen LogP) is 2.63. The van der Waals surface area contributed by atoms with Crippen molar-refractivity contribution in [1.82, 2.24) is 9.97 Å². The molecular formula is C21H18FN7O. The summed E-state index contributed by atoms with van der Waals surface area (Å²) in [6.45, 7) is 1.56. The summed E-state index contributed by atoms with van der Waals surface area (Å²) in [4.78, 5) is 25.1. The van der Waals surface area contributed by atoms with E-state index >= 15 is 0 Å². The molecule has 2 aliphatic heterocycles. The summed E-state index contributed by atoms with van der Waals surface area (Å²) < 4.78 is 13.8. The molecule has 4 N–H and O–H groups in total. The predicted molar refractivity (Wildman–Crippen MR) is 112 cm³/mol. The molecule has 1 fully saturated rings. The highest BCUT2D eigenvalue weighted by atomic mass is 19.1. The zero-order valence-corrected chi connectivity index (χ0v) is 16.0. The van der Waals surface area contributed by atoms with Crippen LogP contribution in [0.15, 0.2) is 24.3 Å². The summed E-state index contributed by atoms with van der Waals surface area (Å²) in [5.74, 6) is 0.307. The lowest BCUT2D eigenvalue weighted by molar-refractivity contribution is -0.116. The van der Waals surface area contributed by atoms with Gasteiger partial charge in [0.1, 0.15) is 40.7 Å². The summed E-state index contributed by atoms with van der Waals surface area (Å²) in [5, 5.41) is 10.9. The Morgan fingerprint density at radius 1 is 1.07 bits per heavy atom. The molecule has 1 saturated heterocycles. The van der Waals surface area contributed by atoms with Gasteiger partial charge < -0.3 is 16.4 Å². The molecule has 0 atom stereocenters. The van der Waals surface area contributed by atoms with Crippen molar-refractivity contribution < 1.29 is 9.18 Å². The molecule has 30 heavy (non-hydrogen) atoms. The maximum atomic E-state index is 13.8. The average Bonchev–Trinajstić information content (AvgIpc) is 3.35. The van der Waals surface area contributed by atoms with Gasteiger partial charge in [-0.2, -0.15) is 5.26 Å². The van der Waals surface area contributed by atoms with Crippen LogP contribution in [0.2, 0.25) is 0 Å². The van der Waals surface area contributed by atoms with E-state index < -0.39 is 5.82 Å². The van der Waals surface area contributed by atoms with Gasteiger partial charge in [-0.15, -0.1) is 0 Å². The fourth-order valence-electron chi connectivity index (χ4n) is 4.35. The molecule has 8 nitrogen and oxygen atoms in total. The molecule has 0 radical (unpaired) electrons. The van der Waals surface area contributed by atoms with Gasteiger partial charge in [0, 0.05) is 24.0 Å². The SMILES string of the molecule is N#Cc1c(N2CCCC2)nc(N)c2c(N)nc3c(c12)CC(=O)N3c1cccc(F)c1. The number of nitriles is 1. The van der Waals surface area contributed by atoms with Gasteiger partial charge >= 0.3 is 0 Å². The molecular weight excluding hydrogens is 385 g/mol. The van der Waals surface area contributed by atoms with E-state index in [1.165, 1.54) is 23.1 Å². The third-order valence-corrected chi connectivity index (χ3v) is 5.63. The molecule has 0 unspecified atom stereocenters. The molecule has 0 bridgehead atoms. The van der Waals surface area contributed by atoms with E-state index in [9.17, 15) is 14.4 Å². The van der Waals surface area contributed by atoms with Crippen molar-refractivity contribution >= 4 is 45.6 Å². The average molecular weight is 403 g/mol. The van der Waals surface area contributed by atoms with E-state index in [2.05, 4.69) is 16.0 Å². The zero-order chi connectivity index (χ0) is 21.0. The number of aromatic nitrogens is 2. The number of amides is 1. The van der Waals surface area contributed by atoms with Gasteiger partial charge in [-0.3, -0.25) is 9.69 Å². The highest BCUT2D eigenvalue weighted by Gasteiger charge is 2.35. The highest BCUT2D eigenvalue weighted by molar-refractivity contribution is 6.15. The Kier molecular flexibility index (Phi) is 3.96. The second kappa shape index (κ2) is 6.56. The lowest BCUT2D eigenvalue weighted by Gasteiger charge is -2.22. The Labute approximate surface area is 171 Å². The first-order valence-electron chi connectivity index (χ1n) is 9.64. The van der Waals surface area contributed by atoms with E-state index in [1.807, 2.05) is 4.90 Å². The minimum absolute atomic E-state index is 0.00714. The van der Waals surface area contributed by atoms with Gasteiger partial charge in [-0.25, -0.2) is 14.4 Å². The molecule has 0 saturated carbocycles. The Morgan fingerprint density at radius 3 is 2.43 bits per heavy atom. The first-order valence-corrected chi connectivity index (χ1v) is 9.64. The third kappa shape index (κ3) is 2.54. The number of rotatable bonds is 2. The number of carbonyl (C=O) groups is 1. The Morgan fingerprint density at radius 2 is 1.77 bits per heavy atom. The largest absolute Gasteiger partial charge is 0.383 e. The van der Waals surface area contributed by atoms with Gasteiger partial charge in [-0.05, 0) is 31.0 Å². The molecule has 9 heteroatoms. The van der Waals surface area contributed by atoms with Crippen LogP contribution >= 0.6 is 0 Å². The molecule has 0 spiro atoms.